The third-order valence-electron chi connectivity index (χ3n) is 1.27. The Balaban J connectivity index is 5.40. The number of carbonyl (C=O) groups is 1. The van der Waals surface area contributed by atoms with Crippen LogP contribution in [0.25, 0.3) is 0 Å². The first-order valence-electron chi connectivity index (χ1n) is 3.02. The summed E-state index contributed by atoms with van der Waals surface area (Å²) >= 11 is 0. The van der Waals surface area contributed by atoms with Crippen LogP contribution in [0.2, 0.25) is 0 Å². The van der Waals surface area contributed by atoms with Gasteiger partial charge in [0.2, 0.25) is 9.84 Å². The van der Waals surface area contributed by atoms with Crippen LogP contribution in [0.15, 0.2) is 0 Å². The van der Waals surface area contributed by atoms with E-state index in [0.717, 1.165) is 0 Å². The van der Waals surface area contributed by atoms with Crippen molar-refractivity contribution in [2.75, 3.05) is 13.4 Å². The van der Waals surface area contributed by atoms with Crippen molar-refractivity contribution in [1.82, 2.24) is 0 Å². The van der Waals surface area contributed by atoms with Gasteiger partial charge >= 0.3 is 17.1 Å². The molecule has 9 heteroatoms. The lowest BCUT2D eigenvalue weighted by atomic mass is 10.3. The lowest BCUT2D eigenvalue weighted by Crippen LogP contribution is -2.52. The molecule has 0 heterocycles. The SMILES string of the molecule is COC(=O)C(F)(F)C(F)(F)S(C)(=O)=O. The van der Waals surface area contributed by atoms with Crippen molar-refractivity contribution in [2.45, 2.75) is 11.2 Å². The van der Waals surface area contributed by atoms with E-state index < -0.39 is 27.0 Å². The molecule has 0 unspecified atom stereocenters. The molecule has 84 valence electrons. The number of sulfone groups is 1. The van der Waals surface area contributed by atoms with Gasteiger partial charge < -0.3 is 4.74 Å². The van der Waals surface area contributed by atoms with Crippen LogP contribution in [0, 0.1) is 0 Å². The van der Waals surface area contributed by atoms with Crippen molar-refractivity contribution >= 4 is 15.8 Å². The number of methoxy groups -OCH3 is 1. The van der Waals surface area contributed by atoms with E-state index in [9.17, 15) is 30.8 Å². The highest BCUT2D eigenvalue weighted by Crippen LogP contribution is 2.39. The Bertz CT molecular complexity index is 334. The van der Waals surface area contributed by atoms with Gasteiger partial charge in [-0.25, -0.2) is 13.2 Å². The van der Waals surface area contributed by atoms with Crippen molar-refractivity contribution in [1.29, 1.82) is 0 Å². The van der Waals surface area contributed by atoms with Crippen molar-refractivity contribution in [3.63, 3.8) is 0 Å². The smallest absolute Gasteiger partial charge is 0.419 e. The largest absolute Gasteiger partial charge is 0.464 e. The van der Waals surface area contributed by atoms with E-state index in [1.54, 1.807) is 0 Å². The molecule has 0 aromatic carbocycles. The number of hydrogen-bond acceptors (Lipinski definition) is 4. The topological polar surface area (TPSA) is 60.4 Å². The van der Waals surface area contributed by atoms with Crippen LogP contribution in [0.3, 0.4) is 0 Å². The highest BCUT2D eigenvalue weighted by Gasteiger charge is 2.69. The fraction of sp³-hybridized carbons (Fsp3) is 0.800. The highest BCUT2D eigenvalue weighted by atomic mass is 32.2. The van der Waals surface area contributed by atoms with E-state index in [2.05, 4.69) is 4.74 Å². The molecule has 0 N–H and O–H groups in total. The zero-order chi connectivity index (χ0) is 11.8. The minimum Gasteiger partial charge on any atom is -0.464 e. The van der Waals surface area contributed by atoms with Crippen molar-refractivity contribution < 1.29 is 35.5 Å². The maximum absolute atomic E-state index is 12.5. The van der Waals surface area contributed by atoms with Gasteiger partial charge in [-0.05, 0) is 0 Å². The molecule has 14 heavy (non-hydrogen) atoms. The van der Waals surface area contributed by atoms with Crippen molar-refractivity contribution in [3.8, 4) is 0 Å². The van der Waals surface area contributed by atoms with Gasteiger partial charge in [0, 0.05) is 6.26 Å². The molecule has 0 aromatic heterocycles. The normalized spacial score (nSPS) is 13.9. The number of hydrogen-bond donors (Lipinski definition) is 0. The number of esters is 1. The first kappa shape index (κ1) is 13.1. The molecule has 0 saturated heterocycles. The van der Waals surface area contributed by atoms with Gasteiger partial charge in [-0.2, -0.15) is 17.6 Å². The van der Waals surface area contributed by atoms with Crippen molar-refractivity contribution in [2.24, 2.45) is 0 Å². The van der Waals surface area contributed by atoms with Crippen LogP contribution in [-0.2, 0) is 19.4 Å². The molecule has 4 nitrogen and oxygen atoms in total. The Labute approximate surface area is 76.8 Å². The van der Waals surface area contributed by atoms with Gasteiger partial charge in [0.05, 0.1) is 7.11 Å². The summed E-state index contributed by atoms with van der Waals surface area (Å²) in [6, 6.07) is 0. The molecule has 0 aliphatic rings. The van der Waals surface area contributed by atoms with E-state index in [1.807, 2.05) is 0 Å². The summed E-state index contributed by atoms with van der Waals surface area (Å²) in [5, 5.41) is -5.48. The van der Waals surface area contributed by atoms with Gasteiger partial charge in [0.25, 0.3) is 0 Å². The van der Waals surface area contributed by atoms with Crippen molar-refractivity contribution in [3.05, 3.63) is 0 Å². The quantitative estimate of drug-likeness (QED) is 0.528. The molecule has 0 fully saturated rings. The molecular weight excluding hydrogens is 232 g/mol. The number of halogens is 4. The number of ether oxygens (including phenoxy) is 1. The maximum atomic E-state index is 12.5. The molecule has 0 radical (unpaired) electrons. The number of alkyl halides is 4. The summed E-state index contributed by atoms with van der Waals surface area (Å²) in [5.41, 5.74) is 0. The third kappa shape index (κ3) is 1.81. The van der Waals surface area contributed by atoms with Crippen LogP contribution in [0.1, 0.15) is 0 Å². The molecule has 0 bridgehead atoms. The summed E-state index contributed by atoms with van der Waals surface area (Å²) in [7, 11) is -4.96. The molecule has 0 amide bonds. The van der Waals surface area contributed by atoms with E-state index in [0.29, 0.717) is 7.11 Å². The average Bonchev–Trinajstić information content (AvgIpc) is 2.00. The molecule has 0 aliphatic heterocycles. The summed E-state index contributed by atoms with van der Waals surface area (Å²) in [6.07, 6.45) is -0.107. The first-order valence-corrected chi connectivity index (χ1v) is 4.91. The molecule has 0 spiro atoms. The third-order valence-corrected chi connectivity index (χ3v) is 2.46. The summed E-state index contributed by atoms with van der Waals surface area (Å²) in [4.78, 5) is 10.2. The summed E-state index contributed by atoms with van der Waals surface area (Å²) < 4.78 is 73.9. The predicted molar refractivity (Wildman–Crippen MR) is 36.8 cm³/mol. The van der Waals surface area contributed by atoms with Crippen LogP contribution in [0.5, 0.6) is 0 Å². The molecule has 0 saturated carbocycles. The van der Waals surface area contributed by atoms with E-state index in [-0.39, 0.29) is 6.26 Å². The monoisotopic (exact) mass is 238 g/mol. The van der Waals surface area contributed by atoms with Gasteiger partial charge in [0.15, 0.2) is 0 Å². The maximum Gasteiger partial charge on any atom is 0.419 e. The summed E-state index contributed by atoms with van der Waals surface area (Å²) in [5.74, 6) is -8.00. The lowest BCUT2D eigenvalue weighted by molar-refractivity contribution is -0.200. The van der Waals surface area contributed by atoms with Crippen LogP contribution in [0.4, 0.5) is 17.6 Å². The van der Waals surface area contributed by atoms with Crippen LogP contribution < -0.4 is 0 Å². The Morgan fingerprint density at radius 2 is 1.57 bits per heavy atom. The first-order chi connectivity index (χ1) is 5.98. The van der Waals surface area contributed by atoms with Crippen LogP contribution in [-0.4, -0.2) is 38.9 Å². The van der Waals surface area contributed by atoms with E-state index >= 15 is 0 Å². The molecule has 0 atom stereocenters. The molecule has 0 aliphatic carbocycles. The minimum absolute atomic E-state index is 0.107. The molecule has 0 rings (SSSR count). The zero-order valence-corrected chi connectivity index (χ0v) is 7.87. The Hall–Kier alpha value is -0.860. The van der Waals surface area contributed by atoms with Gasteiger partial charge in [-0.15, -0.1) is 0 Å². The van der Waals surface area contributed by atoms with Gasteiger partial charge in [0.1, 0.15) is 0 Å². The Morgan fingerprint density at radius 3 is 1.79 bits per heavy atom. The Morgan fingerprint density at radius 1 is 1.21 bits per heavy atom. The predicted octanol–water partition coefficient (Wildman–Crippen LogP) is 0.432. The van der Waals surface area contributed by atoms with E-state index in [1.165, 1.54) is 0 Å². The summed E-state index contributed by atoms with van der Waals surface area (Å²) in [6.45, 7) is 0. The zero-order valence-electron chi connectivity index (χ0n) is 7.05. The van der Waals surface area contributed by atoms with Gasteiger partial charge in [-0.1, -0.05) is 0 Å². The molecular formula is C5H6F4O4S. The second-order valence-electron chi connectivity index (χ2n) is 2.35. The minimum atomic E-state index is -5.48. The Kier molecular flexibility index (Phi) is 3.16. The fourth-order valence-electron chi connectivity index (χ4n) is 0.480. The van der Waals surface area contributed by atoms with Crippen LogP contribution >= 0.6 is 0 Å². The number of rotatable bonds is 3. The number of carbonyl (C=O) groups excluding carboxylic acids is 1. The standard InChI is InChI=1S/C5H6F4O4S/c1-13-3(10)4(6,7)5(8,9)14(2,11)12/h1-2H3. The van der Waals surface area contributed by atoms with E-state index in [4.69, 9.17) is 0 Å². The molecule has 0 aromatic rings. The average molecular weight is 238 g/mol. The second-order valence-corrected chi connectivity index (χ2v) is 4.41. The highest BCUT2D eigenvalue weighted by molar-refractivity contribution is 7.91. The second kappa shape index (κ2) is 3.37. The fourth-order valence-corrected chi connectivity index (χ4v) is 1.03. The van der Waals surface area contributed by atoms with Gasteiger partial charge in [-0.3, -0.25) is 0 Å². The lowest BCUT2D eigenvalue weighted by Gasteiger charge is -2.21.